The van der Waals surface area contributed by atoms with Gasteiger partial charge in [0.1, 0.15) is 5.82 Å². The lowest BCUT2D eigenvalue weighted by molar-refractivity contribution is 0.386. The van der Waals surface area contributed by atoms with E-state index in [0.29, 0.717) is 6.54 Å². The van der Waals surface area contributed by atoms with Crippen LogP contribution in [0.1, 0.15) is 32.2 Å². The van der Waals surface area contributed by atoms with E-state index in [0.717, 1.165) is 21.7 Å². The predicted octanol–water partition coefficient (Wildman–Crippen LogP) is 3.23. The summed E-state index contributed by atoms with van der Waals surface area (Å²) in [6, 6.07) is 6.21. The molecular weight excluding hydrogens is 304 g/mol. The van der Waals surface area contributed by atoms with E-state index in [4.69, 9.17) is 5.73 Å². The zero-order chi connectivity index (χ0) is 14.2. The monoisotopic (exact) mass is 322 g/mol. The van der Waals surface area contributed by atoms with Gasteiger partial charge >= 0.3 is 0 Å². The number of rotatable bonds is 2. The Morgan fingerprint density at radius 2 is 1.95 bits per heavy atom. The highest BCUT2D eigenvalue weighted by Crippen LogP contribution is 2.31. The van der Waals surface area contributed by atoms with Gasteiger partial charge in [-0.1, -0.05) is 27.6 Å². The molecule has 0 saturated heterocycles. The van der Waals surface area contributed by atoms with E-state index in [1.165, 1.54) is 5.56 Å². The quantitative estimate of drug-likeness (QED) is 0.923. The maximum absolute atomic E-state index is 5.77. The molecule has 0 bridgehead atoms. The first-order chi connectivity index (χ1) is 8.84. The van der Waals surface area contributed by atoms with Crippen LogP contribution in [0.5, 0.6) is 0 Å². The third kappa shape index (κ3) is 2.72. The van der Waals surface area contributed by atoms with Gasteiger partial charge in [0, 0.05) is 15.6 Å². The van der Waals surface area contributed by atoms with Crippen molar-refractivity contribution in [2.24, 2.45) is 5.73 Å². The smallest absolute Gasteiger partial charge is 0.165 e. The molecule has 0 aliphatic carbocycles. The van der Waals surface area contributed by atoms with Crippen LogP contribution in [0.15, 0.2) is 22.7 Å². The Bertz CT molecular complexity index is 596. The molecule has 0 radical (unpaired) electrons. The minimum atomic E-state index is -0.114. The van der Waals surface area contributed by atoms with Crippen LogP contribution in [0, 0.1) is 6.92 Å². The van der Waals surface area contributed by atoms with Crippen LogP contribution in [0.2, 0.25) is 0 Å². The summed E-state index contributed by atoms with van der Waals surface area (Å²) in [7, 11) is 0. The zero-order valence-electron chi connectivity index (χ0n) is 11.7. The Balaban J connectivity index is 2.69. The standard InChI is InChI=1S/C14H19BrN4/c1-9-5-6-11(15)10(7-9)13-18-17-12(8-16)19(13)14(2,3)4/h5-7H,8,16H2,1-4H3. The molecule has 2 rings (SSSR count). The first kappa shape index (κ1) is 14.2. The Kier molecular flexibility index (Phi) is 3.78. The molecule has 0 aliphatic heterocycles. The molecule has 1 aromatic carbocycles. The number of aromatic nitrogens is 3. The lowest BCUT2D eigenvalue weighted by Gasteiger charge is -2.25. The van der Waals surface area contributed by atoms with Crippen molar-refractivity contribution in [2.75, 3.05) is 0 Å². The third-order valence-electron chi connectivity index (χ3n) is 2.95. The molecule has 102 valence electrons. The zero-order valence-corrected chi connectivity index (χ0v) is 13.3. The molecule has 2 N–H and O–H groups in total. The van der Waals surface area contributed by atoms with E-state index in [2.05, 4.69) is 70.5 Å². The normalized spacial score (nSPS) is 11.9. The Morgan fingerprint density at radius 1 is 1.26 bits per heavy atom. The number of hydrogen-bond acceptors (Lipinski definition) is 3. The number of aryl methyl sites for hydroxylation is 1. The van der Waals surface area contributed by atoms with Crippen molar-refractivity contribution < 1.29 is 0 Å². The molecule has 19 heavy (non-hydrogen) atoms. The number of benzene rings is 1. The lowest BCUT2D eigenvalue weighted by atomic mass is 10.1. The maximum atomic E-state index is 5.77. The van der Waals surface area contributed by atoms with E-state index in [-0.39, 0.29) is 5.54 Å². The van der Waals surface area contributed by atoms with Crippen LogP contribution in [-0.4, -0.2) is 14.8 Å². The highest BCUT2D eigenvalue weighted by atomic mass is 79.9. The Hall–Kier alpha value is -1.20. The van der Waals surface area contributed by atoms with Gasteiger partial charge in [0.25, 0.3) is 0 Å². The van der Waals surface area contributed by atoms with Crippen molar-refractivity contribution in [3.8, 4) is 11.4 Å². The van der Waals surface area contributed by atoms with E-state index in [1.54, 1.807) is 0 Å². The van der Waals surface area contributed by atoms with Crippen molar-refractivity contribution in [1.82, 2.24) is 14.8 Å². The van der Waals surface area contributed by atoms with Crippen molar-refractivity contribution in [2.45, 2.75) is 39.8 Å². The molecule has 0 aliphatic rings. The minimum absolute atomic E-state index is 0.114. The number of halogens is 1. The van der Waals surface area contributed by atoms with Crippen molar-refractivity contribution in [3.05, 3.63) is 34.1 Å². The molecule has 0 spiro atoms. The molecular formula is C14H19BrN4. The first-order valence-electron chi connectivity index (χ1n) is 6.26. The summed E-state index contributed by atoms with van der Waals surface area (Å²) in [4.78, 5) is 0. The molecule has 1 aromatic heterocycles. The molecule has 0 fully saturated rings. The second-order valence-corrected chi connectivity index (χ2v) is 6.49. The van der Waals surface area contributed by atoms with Gasteiger partial charge in [0.05, 0.1) is 6.54 Å². The Morgan fingerprint density at radius 3 is 2.53 bits per heavy atom. The molecule has 5 heteroatoms. The van der Waals surface area contributed by atoms with Crippen LogP contribution < -0.4 is 5.73 Å². The fraction of sp³-hybridized carbons (Fsp3) is 0.429. The summed E-state index contributed by atoms with van der Waals surface area (Å²) in [6.07, 6.45) is 0. The van der Waals surface area contributed by atoms with Crippen LogP contribution in [0.4, 0.5) is 0 Å². The summed E-state index contributed by atoms with van der Waals surface area (Å²) >= 11 is 3.59. The largest absolute Gasteiger partial charge is 0.324 e. The summed E-state index contributed by atoms with van der Waals surface area (Å²) in [5.41, 5.74) is 7.89. The average Bonchev–Trinajstić information content (AvgIpc) is 2.75. The number of nitrogens with zero attached hydrogens (tertiary/aromatic N) is 3. The molecule has 0 unspecified atom stereocenters. The molecule has 0 amide bonds. The molecule has 2 aromatic rings. The molecule has 1 heterocycles. The van der Waals surface area contributed by atoms with Gasteiger partial charge in [-0.3, -0.25) is 0 Å². The highest BCUT2D eigenvalue weighted by molar-refractivity contribution is 9.10. The van der Waals surface area contributed by atoms with E-state index < -0.39 is 0 Å². The van der Waals surface area contributed by atoms with Gasteiger partial charge in [0.15, 0.2) is 5.82 Å². The molecule has 0 saturated carbocycles. The summed E-state index contributed by atoms with van der Waals surface area (Å²) in [5, 5.41) is 8.54. The summed E-state index contributed by atoms with van der Waals surface area (Å²) < 4.78 is 3.12. The topological polar surface area (TPSA) is 56.7 Å². The summed E-state index contributed by atoms with van der Waals surface area (Å²) in [6.45, 7) is 8.83. The van der Waals surface area contributed by atoms with Crippen molar-refractivity contribution in [3.63, 3.8) is 0 Å². The third-order valence-corrected chi connectivity index (χ3v) is 3.64. The van der Waals surface area contributed by atoms with Crippen molar-refractivity contribution in [1.29, 1.82) is 0 Å². The van der Waals surface area contributed by atoms with Gasteiger partial charge in [-0.15, -0.1) is 10.2 Å². The van der Waals surface area contributed by atoms with Gasteiger partial charge in [0.2, 0.25) is 0 Å². The SMILES string of the molecule is Cc1ccc(Br)c(-c2nnc(CN)n2C(C)(C)C)c1. The highest BCUT2D eigenvalue weighted by Gasteiger charge is 2.24. The molecule has 0 atom stereocenters. The van der Waals surface area contributed by atoms with Crippen LogP contribution in [0.25, 0.3) is 11.4 Å². The van der Waals surface area contributed by atoms with Gasteiger partial charge < -0.3 is 10.3 Å². The maximum Gasteiger partial charge on any atom is 0.165 e. The van der Waals surface area contributed by atoms with Crippen LogP contribution >= 0.6 is 15.9 Å². The van der Waals surface area contributed by atoms with E-state index >= 15 is 0 Å². The van der Waals surface area contributed by atoms with Gasteiger partial charge in [-0.25, -0.2) is 0 Å². The predicted molar refractivity (Wildman–Crippen MR) is 80.8 cm³/mol. The average molecular weight is 323 g/mol. The van der Waals surface area contributed by atoms with Gasteiger partial charge in [-0.05, 0) is 39.8 Å². The fourth-order valence-corrected chi connectivity index (χ4v) is 2.56. The lowest BCUT2D eigenvalue weighted by Crippen LogP contribution is -2.26. The first-order valence-corrected chi connectivity index (χ1v) is 7.05. The minimum Gasteiger partial charge on any atom is -0.324 e. The van der Waals surface area contributed by atoms with Gasteiger partial charge in [-0.2, -0.15) is 0 Å². The Labute approximate surface area is 122 Å². The number of hydrogen-bond donors (Lipinski definition) is 1. The molecule has 4 nitrogen and oxygen atoms in total. The van der Waals surface area contributed by atoms with Crippen molar-refractivity contribution >= 4 is 15.9 Å². The van der Waals surface area contributed by atoms with E-state index in [1.807, 2.05) is 6.07 Å². The second-order valence-electron chi connectivity index (χ2n) is 5.63. The van der Waals surface area contributed by atoms with E-state index in [9.17, 15) is 0 Å². The number of nitrogens with two attached hydrogens (primary N) is 1. The van der Waals surface area contributed by atoms with Crippen LogP contribution in [0.3, 0.4) is 0 Å². The summed E-state index contributed by atoms with van der Waals surface area (Å²) in [5.74, 6) is 1.65. The fourth-order valence-electron chi connectivity index (χ4n) is 2.14. The van der Waals surface area contributed by atoms with Crippen LogP contribution in [-0.2, 0) is 12.1 Å². The second kappa shape index (κ2) is 5.06.